The number of rotatable bonds is 2. The quantitative estimate of drug-likeness (QED) is 0.679. The van der Waals surface area contributed by atoms with E-state index in [1.807, 2.05) is 0 Å². The van der Waals surface area contributed by atoms with Crippen LogP contribution in [0.1, 0.15) is 19.3 Å². The summed E-state index contributed by atoms with van der Waals surface area (Å²) in [5, 5.41) is 17.8. The zero-order chi connectivity index (χ0) is 10.2. The number of nitrogens with zero attached hydrogens (tertiary/aromatic N) is 2. The zero-order valence-electron chi connectivity index (χ0n) is 8.07. The van der Waals surface area contributed by atoms with Gasteiger partial charge in [-0.15, -0.1) is 0 Å². The van der Waals surface area contributed by atoms with Gasteiger partial charge in [0, 0.05) is 25.6 Å². The van der Waals surface area contributed by atoms with Crippen molar-refractivity contribution < 1.29 is 9.90 Å². The largest absolute Gasteiger partial charge is 0.396 e. The minimum absolute atomic E-state index is 0.0176. The van der Waals surface area contributed by atoms with E-state index in [9.17, 15) is 4.79 Å². The van der Waals surface area contributed by atoms with Crippen LogP contribution in [-0.4, -0.2) is 35.6 Å². The Labute approximate surface area is 83.1 Å². The molecule has 0 aromatic rings. The van der Waals surface area contributed by atoms with Gasteiger partial charge in [-0.3, -0.25) is 4.79 Å². The van der Waals surface area contributed by atoms with Crippen molar-refractivity contribution in [3.8, 4) is 6.07 Å². The number of carbonyl (C=O) groups excluding carboxylic acids is 1. The summed E-state index contributed by atoms with van der Waals surface area (Å²) >= 11 is 0. The minimum atomic E-state index is -0.690. The molecule has 76 valence electrons. The number of aliphatic hydroxyl groups excluding tert-OH is 1. The molecule has 1 N–H and O–H groups in total. The van der Waals surface area contributed by atoms with E-state index in [4.69, 9.17) is 10.4 Å². The molecule has 1 unspecified atom stereocenters. The molecule has 0 radical (unpaired) electrons. The topological polar surface area (TPSA) is 64.3 Å². The molecule has 1 amide bonds. The average Bonchev–Trinajstić information content (AvgIpc) is 2.88. The Kier molecular flexibility index (Phi) is 2.20. The van der Waals surface area contributed by atoms with Crippen molar-refractivity contribution in [1.82, 2.24) is 4.90 Å². The second kappa shape index (κ2) is 3.25. The number of hydrogen-bond donors (Lipinski definition) is 1. The lowest BCUT2D eigenvalue weighted by Gasteiger charge is -2.18. The minimum Gasteiger partial charge on any atom is -0.396 e. The van der Waals surface area contributed by atoms with Gasteiger partial charge >= 0.3 is 0 Å². The fraction of sp³-hybridized carbons (Fsp3) is 0.800. The first-order chi connectivity index (χ1) is 6.72. The lowest BCUT2D eigenvalue weighted by Crippen LogP contribution is -2.35. The highest BCUT2D eigenvalue weighted by molar-refractivity contribution is 5.88. The molecule has 1 heterocycles. The lowest BCUT2D eigenvalue weighted by molar-refractivity contribution is -0.134. The van der Waals surface area contributed by atoms with Gasteiger partial charge in [-0.25, -0.2) is 0 Å². The highest BCUT2D eigenvalue weighted by Crippen LogP contribution is 2.47. The third-order valence-electron chi connectivity index (χ3n) is 3.20. The summed E-state index contributed by atoms with van der Waals surface area (Å²) in [6.07, 6.45) is 2.29. The van der Waals surface area contributed by atoms with Crippen LogP contribution in [0.2, 0.25) is 0 Å². The maximum atomic E-state index is 11.8. The molecule has 0 spiro atoms. The van der Waals surface area contributed by atoms with E-state index in [0.717, 1.165) is 6.42 Å². The maximum absolute atomic E-state index is 11.8. The van der Waals surface area contributed by atoms with Crippen LogP contribution in [0.15, 0.2) is 0 Å². The second-order valence-corrected chi connectivity index (χ2v) is 4.28. The monoisotopic (exact) mass is 194 g/mol. The predicted octanol–water partition coefficient (Wildman–Crippen LogP) is 0.131. The van der Waals surface area contributed by atoms with Gasteiger partial charge in [-0.05, 0) is 19.3 Å². The molecule has 0 bridgehead atoms. The molecular weight excluding hydrogens is 180 g/mol. The van der Waals surface area contributed by atoms with Gasteiger partial charge in [0.05, 0.1) is 6.07 Å². The molecule has 0 aromatic carbocycles. The van der Waals surface area contributed by atoms with Gasteiger partial charge in [0.15, 0.2) is 0 Å². The van der Waals surface area contributed by atoms with E-state index in [1.165, 1.54) is 0 Å². The fourth-order valence-electron chi connectivity index (χ4n) is 1.97. The lowest BCUT2D eigenvalue weighted by atomic mass is 10.1. The molecule has 0 aromatic heterocycles. The second-order valence-electron chi connectivity index (χ2n) is 4.28. The molecule has 1 aliphatic heterocycles. The Balaban J connectivity index is 1.98. The van der Waals surface area contributed by atoms with Crippen molar-refractivity contribution in [2.75, 3.05) is 19.7 Å². The summed E-state index contributed by atoms with van der Waals surface area (Å²) in [5.41, 5.74) is -0.690. The summed E-state index contributed by atoms with van der Waals surface area (Å²) in [4.78, 5) is 13.6. The van der Waals surface area contributed by atoms with E-state index >= 15 is 0 Å². The van der Waals surface area contributed by atoms with Crippen molar-refractivity contribution >= 4 is 5.91 Å². The summed E-state index contributed by atoms with van der Waals surface area (Å²) in [7, 11) is 0. The summed E-state index contributed by atoms with van der Waals surface area (Å²) in [6, 6.07) is 2.11. The highest BCUT2D eigenvalue weighted by Gasteiger charge is 2.53. The Hall–Kier alpha value is -1.08. The van der Waals surface area contributed by atoms with E-state index in [2.05, 4.69) is 6.07 Å². The Morgan fingerprint density at radius 1 is 1.64 bits per heavy atom. The Bertz CT molecular complexity index is 291. The summed E-state index contributed by atoms with van der Waals surface area (Å²) in [6.45, 7) is 1.47. The molecular formula is C10H14N2O2. The van der Waals surface area contributed by atoms with Crippen LogP contribution in [0.3, 0.4) is 0 Å². The number of hydrogen-bond acceptors (Lipinski definition) is 3. The van der Waals surface area contributed by atoms with Gasteiger partial charge < -0.3 is 10.0 Å². The smallest absolute Gasteiger partial charge is 0.243 e. The van der Waals surface area contributed by atoms with Gasteiger partial charge in [0.2, 0.25) is 5.91 Å². The molecule has 1 aliphatic carbocycles. The average molecular weight is 194 g/mol. The molecule has 2 rings (SSSR count). The van der Waals surface area contributed by atoms with Crippen LogP contribution >= 0.6 is 0 Å². The van der Waals surface area contributed by atoms with Crippen LogP contribution in [0.25, 0.3) is 0 Å². The SMILES string of the molecule is N#CC1(C(=O)N2CCC(CO)C2)CC1. The molecule has 2 fully saturated rings. The molecule has 4 heteroatoms. The third-order valence-corrected chi connectivity index (χ3v) is 3.20. The molecule has 14 heavy (non-hydrogen) atoms. The third kappa shape index (κ3) is 1.38. The van der Waals surface area contributed by atoms with Crippen molar-refractivity contribution in [3.63, 3.8) is 0 Å². The fourth-order valence-corrected chi connectivity index (χ4v) is 1.97. The molecule has 1 atom stereocenters. The molecule has 4 nitrogen and oxygen atoms in total. The number of aliphatic hydroxyl groups is 1. The first-order valence-electron chi connectivity index (χ1n) is 5.03. The van der Waals surface area contributed by atoms with Gasteiger partial charge in [-0.2, -0.15) is 5.26 Å². The molecule has 1 saturated heterocycles. The normalized spacial score (nSPS) is 28.6. The summed E-state index contributed by atoms with van der Waals surface area (Å²) in [5.74, 6) is 0.199. The van der Waals surface area contributed by atoms with Crippen LogP contribution in [0.5, 0.6) is 0 Å². The number of nitriles is 1. The summed E-state index contributed by atoms with van der Waals surface area (Å²) < 4.78 is 0. The van der Waals surface area contributed by atoms with E-state index in [-0.39, 0.29) is 18.4 Å². The van der Waals surface area contributed by atoms with Crippen LogP contribution < -0.4 is 0 Å². The number of likely N-dealkylation sites (tertiary alicyclic amines) is 1. The molecule has 1 saturated carbocycles. The standard InChI is InChI=1S/C10H14N2O2/c11-7-10(2-3-10)9(14)12-4-1-8(5-12)6-13/h8,13H,1-6H2. The zero-order valence-corrected chi connectivity index (χ0v) is 8.07. The predicted molar refractivity (Wildman–Crippen MR) is 49.1 cm³/mol. The number of carbonyl (C=O) groups is 1. The Morgan fingerprint density at radius 2 is 2.36 bits per heavy atom. The first kappa shape index (κ1) is 9.47. The maximum Gasteiger partial charge on any atom is 0.243 e. The van der Waals surface area contributed by atoms with Gasteiger partial charge in [-0.1, -0.05) is 0 Å². The highest BCUT2D eigenvalue weighted by atomic mass is 16.3. The van der Waals surface area contributed by atoms with Crippen molar-refractivity contribution in [2.24, 2.45) is 11.3 Å². The van der Waals surface area contributed by atoms with Crippen LogP contribution in [-0.2, 0) is 4.79 Å². The van der Waals surface area contributed by atoms with Gasteiger partial charge in [0.25, 0.3) is 0 Å². The Morgan fingerprint density at radius 3 is 2.79 bits per heavy atom. The van der Waals surface area contributed by atoms with E-state index in [1.54, 1.807) is 4.90 Å². The number of amides is 1. The van der Waals surface area contributed by atoms with Crippen molar-refractivity contribution in [3.05, 3.63) is 0 Å². The van der Waals surface area contributed by atoms with E-state index < -0.39 is 5.41 Å². The van der Waals surface area contributed by atoms with Crippen molar-refractivity contribution in [1.29, 1.82) is 5.26 Å². The van der Waals surface area contributed by atoms with Crippen LogP contribution in [0.4, 0.5) is 0 Å². The first-order valence-corrected chi connectivity index (χ1v) is 5.03. The molecule has 2 aliphatic rings. The van der Waals surface area contributed by atoms with Crippen molar-refractivity contribution in [2.45, 2.75) is 19.3 Å². The van der Waals surface area contributed by atoms with Gasteiger partial charge in [0.1, 0.15) is 5.41 Å². The van der Waals surface area contributed by atoms with E-state index in [0.29, 0.717) is 25.9 Å². The van der Waals surface area contributed by atoms with Crippen LogP contribution in [0, 0.1) is 22.7 Å².